The molecule has 0 aliphatic rings. The highest BCUT2D eigenvalue weighted by Crippen LogP contribution is 2.27. The third-order valence-corrected chi connectivity index (χ3v) is 5.00. The van der Waals surface area contributed by atoms with Gasteiger partial charge < -0.3 is 10.3 Å². The molecule has 0 radical (unpaired) electrons. The minimum atomic E-state index is -0.409. The van der Waals surface area contributed by atoms with Gasteiger partial charge in [0.05, 0.1) is 0 Å². The Balaban J connectivity index is 1.85. The molecule has 2 aromatic carbocycles. The van der Waals surface area contributed by atoms with Crippen molar-refractivity contribution in [2.24, 2.45) is 5.73 Å². The number of carbonyl (C=O) groups excluding carboxylic acids is 1. The summed E-state index contributed by atoms with van der Waals surface area (Å²) in [5, 5.41) is 9.52. The van der Waals surface area contributed by atoms with E-state index in [0.717, 1.165) is 28.7 Å². The molecule has 6 heteroatoms. The summed E-state index contributed by atoms with van der Waals surface area (Å²) in [5.41, 5.74) is 9.17. The third kappa shape index (κ3) is 3.74. The van der Waals surface area contributed by atoms with Gasteiger partial charge in [-0.2, -0.15) is 0 Å². The maximum absolute atomic E-state index is 11.6. The van der Waals surface area contributed by atoms with E-state index in [9.17, 15) is 4.79 Å². The molecule has 0 unspecified atom stereocenters. The van der Waals surface area contributed by atoms with E-state index in [2.05, 4.69) is 52.9 Å². The van der Waals surface area contributed by atoms with Crippen LogP contribution in [0.5, 0.6) is 0 Å². The summed E-state index contributed by atoms with van der Waals surface area (Å²) in [4.78, 5) is 11.6. The van der Waals surface area contributed by atoms with E-state index in [4.69, 9.17) is 5.73 Å². The van der Waals surface area contributed by atoms with Crippen LogP contribution < -0.4 is 5.73 Å². The summed E-state index contributed by atoms with van der Waals surface area (Å²) in [7, 11) is 0. The van der Waals surface area contributed by atoms with Gasteiger partial charge in [0.15, 0.2) is 11.0 Å². The van der Waals surface area contributed by atoms with Crippen molar-refractivity contribution in [2.75, 3.05) is 0 Å². The standard InChI is InChI=1S/C19H20N4OS/c1-3-23-18(14-10-8-13(2)9-11-14)21-22-19(23)25-12-15-6-4-5-7-16(15)17(20)24/h4-11H,3,12H2,1-2H3,(H2,20,24). The summed E-state index contributed by atoms with van der Waals surface area (Å²) in [5.74, 6) is 1.06. The second-order valence-electron chi connectivity index (χ2n) is 5.73. The number of rotatable bonds is 6. The highest BCUT2D eigenvalue weighted by atomic mass is 32.2. The topological polar surface area (TPSA) is 73.8 Å². The van der Waals surface area contributed by atoms with E-state index in [0.29, 0.717) is 11.3 Å². The van der Waals surface area contributed by atoms with Crippen LogP contribution in [0.25, 0.3) is 11.4 Å². The SMILES string of the molecule is CCn1c(SCc2ccccc2C(N)=O)nnc1-c1ccc(C)cc1. The van der Waals surface area contributed by atoms with Gasteiger partial charge in [0.25, 0.3) is 0 Å². The van der Waals surface area contributed by atoms with Crippen molar-refractivity contribution in [2.45, 2.75) is 31.3 Å². The van der Waals surface area contributed by atoms with Gasteiger partial charge in [-0.05, 0) is 25.5 Å². The summed E-state index contributed by atoms with van der Waals surface area (Å²) in [6.07, 6.45) is 0. The fraction of sp³-hybridized carbons (Fsp3) is 0.211. The zero-order valence-electron chi connectivity index (χ0n) is 14.3. The monoisotopic (exact) mass is 352 g/mol. The lowest BCUT2D eigenvalue weighted by atomic mass is 10.1. The van der Waals surface area contributed by atoms with Crippen LogP contribution in [0.3, 0.4) is 0 Å². The van der Waals surface area contributed by atoms with E-state index in [1.165, 1.54) is 5.56 Å². The molecule has 1 heterocycles. The number of thioether (sulfide) groups is 1. The number of primary amides is 1. The molecule has 0 bridgehead atoms. The number of nitrogens with two attached hydrogens (primary N) is 1. The number of aryl methyl sites for hydroxylation is 1. The number of aromatic nitrogens is 3. The van der Waals surface area contributed by atoms with Crippen molar-refractivity contribution >= 4 is 17.7 Å². The fourth-order valence-corrected chi connectivity index (χ4v) is 3.63. The van der Waals surface area contributed by atoms with Crippen LogP contribution in [0.15, 0.2) is 53.7 Å². The number of carbonyl (C=O) groups is 1. The van der Waals surface area contributed by atoms with Gasteiger partial charge in [0.2, 0.25) is 5.91 Å². The average molecular weight is 352 g/mol. The van der Waals surface area contributed by atoms with E-state index < -0.39 is 5.91 Å². The van der Waals surface area contributed by atoms with Gasteiger partial charge in [-0.1, -0.05) is 59.8 Å². The van der Waals surface area contributed by atoms with Crippen LogP contribution in [-0.4, -0.2) is 20.7 Å². The molecule has 2 N–H and O–H groups in total. The summed E-state index contributed by atoms with van der Waals surface area (Å²) >= 11 is 1.56. The molecule has 0 saturated heterocycles. The molecule has 0 saturated carbocycles. The summed E-state index contributed by atoms with van der Waals surface area (Å²) in [6, 6.07) is 15.6. The molecule has 25 heavy (non-hydrogen) atoms. The van der Waals surface area contributed by atoms with Gasteiger partial charge in [0, 0.05) is 23.4 Å². The van der Waals surface area contributed by atoms with Crippen molar-refractivity contribution in [1.29, 1.82) is 0 Å². The molecule has 0 fully saturated rings. The molecule has 0 aliphatic carbocycles. The molecule has 1 aromatic heterocycles. The van der Waals surface area contributed by atoms with Crippen molar-refractivity contribution in [3.63, 3.8) is 0 Å². The first-order valence-electron chi connectivity index (χ1n) is 8.11. The number of benzene rings is 2. The number of hydrogen-bond donors (Lipinski definition) is 1. The van der Waals surface area contributed by atoms with Crippen molar-refractivity contribution in [1.82, 2.24) is 14.8 Å². The Morgan fingerprint density at radius 1 is 1.12 bits per heavy atom. The molecule has 0 atom stereocenters. The summed E-state index contributed by atoms with van der Waals surface area (Å²) in [6.45, 7) is 4.91. The van der Waals surface area contributed by atoms with Crippen molar-refractivity contribution in [3.05, 3.63) is 65.2 Å². The second kappa shape index (κ2) is 7.53. The number of amides is 1. The number of hydrogen-bond acceptors (Lipinski definition) is 4. The molecule has 5 nitrogen and oxygen atoms in total. The summed E-state index contributed by atoms with van der Waals surface area (Å²) < 4.78 is 2.09. The van der Waals surface area contributed by atoms with Crippen LogP contribution in [0.2, 0.25) is 0 Å². The Bertz CT molecular complexity index is 887. The molecule has 3 rings (SSSR count). The largest absolute Gasteiger partial charge is 0.366 e. The highest BCUT2D eigenvalue weighted by Gasteiger charge is 2.14. The minimum absolute atomic E-state index is 0.409. The molecule has 0 aliphatic heterocycles. The van der Waals surface area contributed by atoms with Crippen molar-refractivity contribution in [3.8, 4) is 11.4 Å². The van der Waals surface area contributed by atoms with Crippen LogP contribution in [0, 0.1) is 6.92 Å². The second-order valence-corrected chi connectivity index (χ2v) is 6.67. The normalized spacial score (nSPS) is 10.8. The lowest BCUT2D eigenvalue weighted by Crippen LogP contribution is -2.13. The molecule has 128 valence electrons. The molecular formula is C19H20N4OS. The Morgan fingerprint density at radius 3 is 2.52 bits per heavy atom. The first kappa shape index (κ1) is 17.2. The Labute approximate surface area is 151 Å². The lowest BCUT2D eigenvalue weighted by molar-refractivity contribution is 0.0999. The van der Waals surface area contributed by atoms with E-state index in [1.54, 1.807) is 17.8 Å². The molecule has 3 aromatic rings. The zero-order valence-corrected chi connectivity index (χ0v) is 15.1. The van der Waals surface area contributed by atoms with Gasteiger partial charge in [-0.25, -0.2) is 0 Å². The zero-order chi connectivity index (χ0) is 17.8. The highest BCUT2D eigenvalue weighted by molar-refractivity contribution is 7.98. The predicted molar refractivity (Wildman–Crippen MR) is 100 cm³/mol. The smallest absolute Gasteiger partial charge is 0.249 e. The number of nitrogens with zero attached hydrogens (tertiary/aromatic N) is 3. The molecular weight excluding hydrogens is 332 g/mol. The van der Waals surface area contributed by atoms with Crippen LogP contribution >= 0.6 is 11.8 Å². The van der Waals surface area contributed by atoms with Crippen molar-refractivity contribution < 1.29 is 4.79 Å². The van der Waals surface area contributed by atoms with Gasteiger partial charge in [-0.15, -0.1) is 10.2 Å². The minimum Gasteiger partial charge on any atom is -0.366 e. The maximum atomic E-state index is 11.6. The molecule has 0 spiro atoms. The third-order valence-electron chi connectivity index (χ3n) is 3.98. The van der Waals surface area contributed by atoms with Crippen LogP contribution in [0.4, 0.5) is 0 Å². The predicted octanol–water partition coefficient (Wildman–Crippen LogP) is 3.66. The fourth-order valence-electron chi connectivity index (χ4n) is 2.63. The first-order valence-corrected chi connectivity index (χ1v) is 9.09. The van der Waals surface area contributed by atoms with Gasteiger partial charge in [-0.3, -0.25) is 4.79 Å². The first-order chi connectivity index (χ1) is 12.1. The Morgan fingerprint density at radius 2 is 1.84 bits per heavy atom. The average Bonchev–Trinajstić information content (AvgIpc) is 3.03. The van der Waals surface area contributed by atoms with Crippen LogP contribution in [0.1, 0.15) is 28.4 Å². The molecule has 1 amide bonds. The van der Waals surface area contributed by atoms with Crippen LogP contribution in [-0.2, 0) is 12.3 Å². The van der Waals surface area contributed by atoms with E-state index in [1.807, 2.05) is 18.2 Å². The Kier molecular flexibility index (Phi) is 5.19. The maximum Gasteiger partial charge on any atom is 0.249 e. The van der Waals surface area contributed by atoms with E-state index >= 15 is 0 Å². The quantitative estimate of drug-likeness (QED) is 0.687. The van der Waals surface area contributed by atoms with Gasteiger partial charge in [0.1, 0.15) is 0 Å². The van der Waals surface area contributed by atoms with E-state index in [-0.39, 0.29) is 0 Å². The Hall–Kier alpha value is -2.60. The van der Waals surface area contributed by atoms with Gasteiger partial charge >= 0.3 is 0 Å². The lowest BCUT2D eigenvalue weighted by Gasteiger charge is -2.09.